The number of piperidine rings is 1. The molecule has 5 heteroatoms. The van der Waals surface area contributed by atoms with Crippen LogP contribution in [0.4, 0.5) is 0 Å². The molecule has 1 saturated heterocycles. The highest BCUT2D eigenvalue weighted by Gasteiger charge is 2.22. The predicted molar refractivity (Wildman–Crippen MR) is 71.7 cm³/mol. The van der Waals surface area contributed by atoms with E-state index in [1.165, 1.54) is 25.7 Å². The van der Waals surface area contributed by atoms with Crippen LogP contribution in [0.5, 0.6) is 0 Å². The van der Waals surface area contributed by atoms with Gasteiger partial charge in [-0.05, 0) is 32.2 Å². The number of hydrogen-bond acceptors (Lipinski definition) is 5. The average molecular weight is 265 g/mol. The normalized spacial score (nSPS) is 24.8. The minimum Gasteiger partial charge on any atom is -0.380 e. The molecule has 5 nitrogen and oxygen atoms in total. The molecule has 0 amide bonds. The molecule has 1 aliphatic heterocycles. The molecular weight excluding hydrogens is 242 g/mol. The van der Waals surface area contributed by atoms with Crippen molar-refractivity contribution in [3.63, 3.8) is 0 Å². The Morgan fingerprint density at radius 3 is 3.16 bits per heavy atom. The molecule has 1 saturated carbocycles. The Balaban J connectivity index is 1.48. The molecule has 106 valence electrons. The Morgan fingerprint density at radius 2 is 2.37 bits per heavy atom. The molecule has 0 bridgehead atoms. The van der Waals surface area contributed by atoms with Gasteiger partial charge in [0.15, 0.2) is 5.76 Å². The largest absolute Gasteiger partial charge is 0.380 e. The van der Waals surface area contributed by atoms with E-state index in [4.69, 9.17) is 9.26 Å². The van der Waals surface area contributed by atoms with Crippen LogP contribution in [0.25, 0.3) is 0 Å². The maximum atomic E-state index is 5.44. The highest BCUT2D eigenvalue weighted by molar-refractivity contribution is 5.06. The van der Waals surface area contributed by atoms with Crippen LogP contribution < -0.4 is 5.32 Å². The lowest BCUT2D eigenvalue weighted by Crippen LogP contribution is -2.38. The molecule has 0 radical (unpaired) electrons. The van der Waals surface area contributed by atoms with Gasteiger partial charge in [-0.15, -0.1) is 0 Å². The highest BCUT2D eigenvalue weighted by atomic mass is 16.5. The van der Waals surface area contributed by atoms with Gasteiger partial charge in [0.2, 0.25) is 0 Å². The topological polar surface area (TPSA) is 50.5 Å². The van der Waals surface area contributed by atoms with Gasteiger partial charge in [0.25, 0.3) is 0 Å². The molecule has 2 aliphatic rings. The van der Waals surface area contributed by atoms with Gasteiger partial charge in [-0.2, -0.15) is 0 Å². The molecule has 1 atom stereocenters. The summed E-state index contributed by atoms with van der Waals surface area (Å²) in [6.07, 6.45) is 5.34. The Bertz CT molecular complexity index is 403. The van der Waals surface area contributed by atoms with Gasteiger partial charge in [-0.25, -0.2) is 0 Å². The first kappa shape index (κ1) is 13.1. The maximum absolute atomic E-state index is 5.44. The van der Waals surface area contributed by atoms with Crippen molar-refractivity contribution in [2.75, 3.05) is 20.2 Å². The number of likely N-dealkylation sites (tertiary alicyclic amines) is 1. The Morgan fingerprint density at radius 1 is 1.47 bits per heavy atom. The van der Waals surface area contributed by atoms with Crippen molar-refractivity contribution >= 4 is 0 Å². The number of methoxy groups -OCH3 is 1. The summed E-state index contributed by atoms with van der Waals surface area (Å²) in [5.41, 5.74) is 1.02. The van der Waals surface area contributed by atoms with E-state index in [1.54, 1.807) is 7.11 Å². The van der Waals surface area contributed by atoms with E-state index in [1.807, 2.05) is 0 Å². The Kier molecular flexibility index (Phi) is 4.15. The summed E-state index contributed by atoms with van der Waals surface area (Å²) in [4.78, 5) is 2.39. The molecule has 19 heavy (non-hydrogen) atoms. The zero-order chi connectivity index (χ0) is 13.1. The third-order valence-electron chi connectivity index (χ3n) is 3.93. The first-order valence-electron chi connectivity index (χ1n) is 7.26. The molecule has 1 aromatic rings. The van der Waals surface area contributed by atoms with E-state index in [9.17, 15) is 0 Å². The smallest absolute Gasteiger partial charge is 0.151 e. The molecule has 1 unspecified atom stereocenters. The van der Waals surface area contributed by atoms with Gasteiger partial charge in [0.05, 0.1) is 18.3 Å². The second-order valence-corrected chi connectivity index (χ2v) is 5.67. The van der Waals surface area contributed by atoms with E-state index in [2.05, 4.69) is 21.4 Å². The molecule has 2 heterocycles. The molecule has 2 fully saturated rings. The molecular formula is C14H23N3O2. The standard InChI is InChI=1S/C14H23N3O2/c1-18-13-3-2-6-17(9-13)10-14-7-12(16-19-14)8-15-11-4-5-11/h7,11,13,15H,2-6,8-10H2,1H3. The van der Waals surface area contributed by atoms with Crippen molar-refractivity contribution in [3.8, 4) is 0 Å². The monoisotopic (exact) mass is 265 g/mol. The summed E-state index contributed by atoms with van der Waals surface area (Å²) in [6.45, 7) is 3.79. The number of nitrogens with one attached hydrogen (secondary N) is 1. The van der Waals surface area contributed by atoms with Gasteiger partial charge in [-0.3, -0.25) is 4.90 Å². The van der Waals surface area contributed by atoms with Crippen molar-refractivity contribution in [2.24, 2.45) is 0 Å². The second-order valence-electron chi connectivity index (χ2n) is 5.67. The van der Waals surface area contributed by atoms with Crippen LogP contribution in [0, 0.1) is 0 Å². The minimum atomic E-state index is 0.368. The fourth-order valence-corrected chi connectivity index (χ4v) is 2.62. The number of aromatic nitrogens is 1. The van der Waals surface area contributed by atoms with Gasteiger partial charge in [0, 0.05) is 32.3 Å². The van der Waals surface area contributed by atoms with E-state index in [0.717, 1.165) is 37.6 Å². The number of rotatable bonds is 6. The van der Waals surface area contributed by atoms with Crippen LogP contribution in [-0.4, -0.2) is 42.4 Å². The van der Waals surface area contributed by atoms with E-state index < -0.39 is 0 Å². The number of nitrogens with zero attached hydrogens (tertiary/aromatic N) is 2. The van der Waals surface area contributed by atoms with Gasteiger partial charge in [-0.1, -0.05) is 5.16 Å². The van der Waals surface area contributed by atoms with Crippen molar-refractivity contribution in [1.29, 1.82) is 0 Å². The van der Waals surface area contributed by atoms with Crippen molar-refractivity contribution < 1.29 is 9.26 Å². The van der Waals surface area contributed by atoms with Crippen LogP contribution in [0.15, 0.2) is 10.6 Å². The molecule has 0 aromatic carbocycles. The van der Waals surface area contributed by atoms with Crippen molar-refractivity contribution in [1.82, 2.24) is 15.4 Å². The summed E-state index contributed by atoms with van der Waals surface area (Å²) in [5.74, 6) is 0.962. The third-order valence-corrected chi connectivity index (χ3v) is 3.93. The molecule has 0 spiro atoms. The van der Waals surface area contributed by atoms with Crippen molar-refractivity contribution in [3.05, 3.63) is 17.5 Å². The zero-order valence-electron chi connectivity index (χ0n) is 11.6. The Labute approximate surface area is 114 Å². The second kappa shape index (κ2) is 6.03. The fraction of sp³-hybridized carbons (Fsp3) is 0.786. The zero-order valence-corrected chi connectivity index (χ0v) is 11.6. The average Bonchev–Trinajstić information content (AvgIpc) is 3.17. The first-order valence-corrected chi connectivity index (χ1v) is 7.26. The highest BCUT2D eigenvalue weighted by Crippen LogP contribution is 2.20. The molecule has 1 aromatic heterocycles. The summed E-state index contributed by atoms with van der Waals surface area (Å²) in [7, 11) is 1.80. The van der Waals surface area contributed by atoms with Crippen LogP contribution in [0.1, 0.15) is 37.1 Å². The van der Waals surface area contributed by atoms with Gasteiger partial charge >= 0.3 is 0 Å². The minimum absolute atomic E-state index is 0.368. The quantitative estimate of drug-likeness (QED) is 0.845. The lowest BCUT2D eigenvalue weighted by Gasteiger charge is -2.30. The van der Waals surface area contributed by atoms with E-state index in [-0.39, 0.29) is 0 Å². The maximum Gasteiger partial charge on any atom is 0.151 e. The molecule has 1 aliphatic carbocycles. The molecule has 1 N–H and O–H groups in total. The summed E-state index contributed by atoms with van der Waals surface area (Å²) < 4.78 is 10.9. The lowest BCUT2D eigenvalue weighted by atomic mass is 10.1. The summed E-state index contributed by atoms with van der Waals surface area (Å²) >= 11 is 0. The van der Waals surface area contributed by atoms with Gasteiger partial charge < -0.3 is 14.6 Å². The van der Waals surface area contributed by atoms with Crippen LogP contribution >= 0.6 is 0 Å². The van der Waals surface area contributed by atoms with E-state index >= 15 is 0 Å². The SMILES string of the molecule is COC1CCCN(Cc2cc(CNC3CC3)no2)C1. The van der Waals surface area contributed by atoms with Crippen LogP contribution in [0.2, 0.25) is 0 Å². The van der Waals surface area contributed by atoms with Gasteiger partial charge in [0.1, 0.15) is 0 Å². The fourth-order valence-electron chi connectivity index (χ4n) is 2.62. The Hall–Kier alpha value is -0.910. The first-order chi connectivity index (χ1) is 9.33. The third kappa shape index (κ3) is 3.78. The number of hydrogen-bond donors (Lipinski definition) is 1. The predicted octanol–water partition coefficient (Wildman–Crippen LogP) is 1.54. The van der Waals surface area contributed by atoms with E-state index in [0.29, 0.717) is 12.1 Å². The van der Waals surface area contributed by atoms with Crippen LogP contribution in [-0.2, 0) is 17.8 Å². The summed E-state index contributed by atoms with van der Waals surface area (Å²) in [6, 6.07) is 2.79. The lowest BCUT2D eigenvalue weighted by molar-refractivity contribution is 0.0257. The molecule has 3 rings (SSSR count). The van der Waals surface area contributed by atoms with Crippen molar-refractivity contribution in [2.45, 2.75) is 50.9 Å². The number of ether oxygens (including phenoxy) is 1. The summed E-state index contributed by atoms with van der Waals surface area (Å²) in [5, 5.41) is 7.58. The van der Waals surface area contributed by atoms with Crippen LogP contribution in [0.3, 0.4) is 0 Å².